The van der Waals surface area contributed by atoms with Gasteiger partial charge in [0, 0.05) is 22.2 Å². The number of hydrazone groups is 1. The highest BCUT2D eigenvalue weighted by Gasteiger charge is 2.08. The van der Waals surface area contributed by atoms with Gasteiger partial charge in [0.2, 0.25) is 0 Å². The minimum absolute atomic E-state index is 0.0857. The summed E-state index contributed by atoms with van der Waals surface area (Å²) in [5.41, 5.74) is 2.86. The molecule has 24 heavy (non-hydrogen) atoms. The zero-order valence-corrected chi connectivity index (χ0v) is 13.1. The van der Waals surface area contributed by atoms with Gasteiger partial charge in [0.15, 0.2) is 0 Å². The van der Waals surface area contributed by atoms with Gasteiger partial charge in [-0.25, -0.2) is 5.43 Å². The van der Waals surface area contributed by atoms with Crippen LogP contribution in [0.15, 0.2) is 47.6 Å². The van der Waals surface area contributed by atoms with Crippen molar-refractivity contribution in [3.05, 3.63) is 58.6 Å². The molecule has 0 radical (unpaired) electrons. The highest BCUT2D eigenvalue weighted by Crippen LogP contribution is 2.20. The van der Waals surface area contributed by atoms with E-state index < -0.39 is 11.8 Å². The fourth-order valence-corrected chi connectivity index (χ4v) is 1.94. The Morgan fingerprint density at radius 1 is 1.17 bits per heavy atom. The Bertz CT molecular complexity index is 793. The molecule has 0 bridgehead atoms. The van der Waals surface area contributed by atoms with Crippen LogP contribution in [0.4, 0.5) is 0 Å². The summed E-state index contributed by atoms with van der Waals surface area (Å²) in [5, 5.41) is 25.2. The van der Waals surface area contributed by atoms with Crippen LogP contribution in [-0.2, 0) is 4.79 Å². The molecule has 0 aliphatic rings. The van der Waals surface area contributed by atoms with E-state index in [-0.39, 0.29) is 18.0 Å². The lowest BCUT2D eigenvalue weighted by Crippen LogP contribution is -2.34. The maximum Gasteiger partial charge on any atom is 0.259 e. The summed E-state index contributed by atoms with van der Waals surface area (Å²) in [5.74, 6) is -1.24. The molecule has 2 amide bonds. The normalized spacial score (nSPS) is 10.5. The van der Waals surface area contributed by atoms with E-state index in [9.17, 15) is 14.7 Å². The molecule has 0 fully saturated rings. The molecular formula is C16H14ClN3O4. The van der Waals surface area contributed by atoms with Crippen LogP contribution in [0.1, 0.15) is 15.9 Å². The lowest BCUT2D eigenvalue weighted by molar-refractivity contribution is -0.120. The molecule has 0 aliphatic heterocycles. The van der Waals surface area contributed by atoms with Crippen molar-refractivity contribution in [2.24, 2.45) is 5.10 Å². The molecule has 8 heteroatoms. The number of carbonyl (C=O) groups is 2. The van der Waals surface area contributed by atoms with Gasteiger partial charge in [0.1, 0.15) is 11.5 Å². The zero-order chi connectivity index (χ0) is 17.5. The number of nitrogens with zero attached hydrogens (tertiary/aromatic N) is 1. The monoisotopic (exact) mass is 347 g/mol. The zero-order valence-electron chi connectivity index (χ0n) is 12.4. The van der Waals surface area contributed by atoms with Gasteiger partial charge in [0.25, 0.3) is 11.8 Å². The molecule has 2 aromatic rings. The highest BCUT2D eigenvalue weighted by molar-refractivity contribution is 6.30. The third-order valence-corrected chi connectivity index (χ3v) is 3.14. The van der Waals surface area contributed by atoms with Crippen LogP contribution in [0.5, 0.6) is 11.5 Å². The topological polar surface area (TPSA) is 111 Å². The van der Waals surface area contributed by atoms with Crippen LogP contribution in [0, 0.1) is 0 Å². The van der Waals surface area contributed by atoms with E-state index in [1.807, 2.05) is 0 Å². The van der Waals surface area contributed by atoms with Gasteiger partial charge in [-0.15, -0.1) is 0 Å². The maximum atomic E-state index is 11.8. The third kappa shape index (κ3) is 4.99. The molecule has 4 N–H and O–H groups in total. The average Bonchev–Trinajstić information content (AvgIpc) is 2.54. The number of phenols is 2. The number of amides is 2. The molecule has 0 saturated heterocycles. The molecule has 124 valence electrons. The van der Waals surface area contributed by atoms with Gasteiger partial charge < -0.3 is 15.5 Å². The first kappa shape index (κ1) is 17.3. The summed E-state index contributed by atoms with van der Waals surface area (Å²) >= 11 is 5.79. The Hall–Kier alpha value is -3.06. The predicted octanol–water partition coefficient (Wildman–Crippen LogP) is 1.63. The summed E-state index contributed by atoms with van der Waals surface area (Å²) in [6.07, 6.45) is 1.21. The lowest BCUT2D eigenvalue weighted by Gasteiger charge is -2.04. The Morgan fingerprint density at radius 3 is 2.67 bits per heavy atom. The van der Waals surface area contributed by atoms with Crippen molar-refractivity contribution in [1.29, 1.82) is 0 Å². The van der Waals surface area contributed by atoms with Crippen molar-refractivity contribution in [1.82, 2.24) is 10.7 Å². The molecule has 2 aromatic carbocycles. The Labute approximate surface area is 142 Å². The molecule has 0 saturated carbocycles. The van der Waals surface area contributed by atoms with E-state index in [0.717, 1.165) is 6.07 Å². The fraction of sp³-hybridized carbons (Fsp3) is 0.0625. The Kier molecular flexibility index (Phi) is 5.75. The van der Waals surface area contributed by atoms with E-state index in [1.165, 1.54) is 24.4 Å². The van der Waals surface area contributed by atoms with E-state index in [0.29, 0.717) is 16.1 Å². The van der Waals surface area contributed by atoms with Crippen LogP contribution in [0.2, 0.25) is 5.02 Å². The van der Waals surface area contributed by atoms with Crippen LogP contribution < -0.4 is 10.7 Å². The van der Waals surface area contributed by atoms with E-state index in [1.54, 1.807) is 18.2 Å². The molecule has 0 atom stereocenters. The second-order valence-corrected chi connectivity index (χ2v) is 5.17. The summed E-state index contributed by atoms with van der Waals surface area (Å²) < 4.78 is 0. The summed E-state index contributed by atoms with van der Waals surface area (Å²) in [7, 11) is 0. The Morgan fingerprint density at radius 2 is 1.96 bits per heavy atom. The minimum atomic E-state index is -0.542. The standard InChI is InChI=1S/C16H14ClN3O4/c17-12-3-1-2-10(6-12)16(24)18-9-15(23)20-19-8-11-4-5-13(21)7-14(11)22/h1-8,21-22H,9H2,(H,18,24)(H,20,23). The van der Waals surface area contributed by atoms with Gasteiger partial charge in [-0.3, -0.25) is 9.59 Å². The van der Waals surface area contributed by atoms with Crippen LogP contribution in [0.3, 0.4) is 0 Å². The van der Waals surface area contributed by atoms with Gasteiger partial charge in [-0.1, -0.05) is 17.7 Å². The van der Waals surface area contributed by atoms with Gasteiger partial charge in [-0.2, -0.15) is 5.10 Å². The number of phenolic OH excluding ortho intramolecular Hbond substituents is 2. The Balaban J connectivity index is 1.83. The van der Waals surface area contributed by atoms with Crippen molar-refractivity contribution in [3.8, 4) is 11.5 Å². The summed E-state index contributed by atoms with van der Waals surface area (Å²) in [6.45, 7) is -0.274. The molecule has 0 spiro atoms. The van der Waals surface area contributed by atoms with Gasteiger partial charge in [-0.05, 0) is 30.3 Å². The van der Waals surface area contributed by atoms with Crippen molar-refractivity contribution in [3.63, 3.8) is 0 Å². The van der Waals surface area contributed by atoms with E-state index in [4.69, 9.17) is 16.7 Å². The van der Waals surface area contributed by atoms with Crippen LogP contribution in [0.25, 0.3) is 0 Å². The molecule has 2 rings (SSSR count). The quantitative estimate of drug-likeness (QED) is 0.486. The van der Waals surface area contributed by atoms with Crippen molar-refractivity contribution in [2.75, 3.05) is 6.54 Å². The predicted molar refractivity (Wildman–Crippen MR) is 89.3 cm³/mol. The van der Waals surface area contributed by atoms with Crippen LogP contribution >= 0.6 is 11.6 Å². The summed E-state index contributed by atoms with van der Waals surface area (Å²) in [6, 6.07) is 10.3. The first-order valence-corrected chi connectivity index (χ1v) is 7.21. The number of halogens is 1. The minimum Gasteiger partial charge on any atom is -0.508 e. The molecule has 0 heterocycles. The van der Waals surface area contributed by atoms with Crippen molar-refractivity contribution in [2.45, 2.75) is 0 Å². The second kappa shape index (κ2) is 7.98. The van der Waals surface area contributed by atoms with E-state index >= 15 is 0 Å². The van der Waals surface area contributed by atoms with E-state index in [2.05, 4.69) is 15.8 Å². The average molecular weight is 348 g/mol. The fourth-order valence-electron chi connectivity index (χ4n) is 1.75. The molecular weight excluding hydrogens is 334 g/mol. The van der Waals surface area contributed by atoms with Crippen LogP contribution in [-0.4, -0.2) is 34.8 Å². The largest absolute Gasteiger partial charge is 0.508 e. The number of carbonyl (C=O) groups excluding carboxylic acids is 2. The van der Waals surface area contributed by atoms with Crippen molar-refractivity contribution >= 4 is 29.6 Å². The van der Waals surface area contributed by atoms with Gasteiger partial charge >= 0.3 is 0 Å². The lowest BCUT2D eigenvalue weighted by atomic mass is 10.2. The third-order valence-electron chi connectivity index (χ3n) is 2.90. The number of rotatable bonds is 5. The SMILES string of the molecule is O=C(CNC(=O)c1cccc(Cl)c1)NN=Cc1ccc(O)cc1O. The molecule has 7 nitrogen and oxygen atoms in total. The number of hydrogen-bond acceptors (Lipinski definition) is 5. The first-order chi connectivity index (χ1) is 11.5. The molecule has 0 aromatic heterocycles. The van der Waals surface area contributed by atoms with Gasteiger partial charge in [0.05, 0.1) is 12.8 Å². The van der Waals surface area contributed by atoms with Crippen molar-refractivity contribution < 1.29 is 19.8 Å². The maximum absolute atomic E-state index is 11.8. The molecule has 0 unspecified atom stereocenters. The first-order valence-electron chi connectivity index (χ1n) is 6.83. The number of benzene rings is 2. The summed E-state index contributed by atoms with van der Waals surface area (Å²) in [4.78, 5) is 23.4. The smallest absolute Gasteiger partial charge is 0.259 e. The molecule has 0 aliphatic carbocycles. The number of aromatic hydroxyl groups is 2. The second-order valence-electron chi connectivity index (χ2n) is 4.73. The number of nitrogens with one attached hydrogen (secondary N) is 2. The number of hydrogen-bond donors (Lipinski definition) is 4. The highest BCUT2D eigenvalue weighted by atomic mass is 35.5.